The van der Waals surface area contributed by atoms with E-state index in [1.165, 1.54) is 44.3 Å². The molecule has 47 heavy (non-hydrogen) atoms. The molecule has 0 saturated carbocycles. The molecular formula is C45H37NO. The predicted molar refractivity (Wildman–Crippen MR) is 200 cm³/mol. The zero-order valence-electron chi connectivity index (χ0n) is 27.0. The molecule has 2 aliphatic carbocycles. The Labute approximate surface area is 277 Å². The Bertz CT molecular complexity index is 2220. The maximum Gasteiger partial charge on any atom is 0.143 e. The Hall–Kier alpha value is -5.60. The Morgan fingerprint density at radius 1 is 0.766 bits per heavy atom. The van der Waals surface area contributed by atoms with Gasteiger partial charge in [-0.15, -0.1) is 0 Å². The molecule has 2 heteroatoms. The topological polar surface area (TPSA) is 16.4 Å². The van der Waals surface area contributed by atoms with Crippen LogP contribution in [0.2, 0.25) is 0 Å². The maximum absolute atomic E-state index is 6.65. The number of anilines is 3. The third-order valence-electron chi connectivity index (χ3n) is 9.91. The van der Waals surface area contributed by atoms with Crippen molar-refractivity contribution in [3.63, 3.8) is 0 Å². The lowest BCUT2D eigenvalue weighted by Crippen LogP contribution is -2.15. The van der Waals surface area contributed by atoms with Gasteiger partial charge in [0.1, 0.15) is 11.3 Å². The molecule has 0 N–H and O–H groups in total. The number of allylic oxidation sites excluding steroid dienone is 5. The van der Waals surface area contributed by atoms with Crippen LogP contribution in [0, 0.1) is 0 Å². The van der Waals surface area contributed by atoms with Crippen LogP contribution in [-0.4, -0.2) is 0 Å². The van der Waals surface area contributed by atoms with Gasteiger partial charge in [-0.2, -0.15) is 0 Å². The van der Waals surface area contributed by atoms with Gasteiger partial charge in [-0.25, -0.2) is 0 Å². The highest BCUT2D eigenvalue weighted by Crippen LogP contribution is 2.54. The largest absolute Gasteiger partial charge is 0.456 e. The van der Waals surface area contributed by atoms with Crippen molar-refractivity contribution in [3.05, 3.63) is 175 Å². The average Bonchev–Trinajstić information content (AvgIpc) is 3.60. The van der Waals surface area contributed by atoms with Crippen LogP contribution in [0.4, 0.5) is 17.1 Å². The summed E-state index contributed by atoms with van der Waals surface area (Å²) in [6, 6.07) is 39.7. The minimum atomic E-state index is -0.136. The number of furan rings is 1. The number of hydrogen-bond donors (Lipinski definition) is 0. The Balaban J connectivity index is 1.30. The Morgan fingerprint density at radius 2 is 1.45 bits per heavy atom. The van der Waals surface area contributed by atoms with Crippen molar-refractivity contribution in [1.29, 1.82) is 0 Å². The normalized spacial score (nSPS) is 14.4. The highest BCUT2D eigenvalue weighted by atomic mass is 16.3. The molecular weight excluding hydrogens is 571 g/mol. The molecule has 0 fully saturated rings. The third kappa shape index (κ3) is 4.72. The molecule has 2 nitrogen and oxygen atoms in total. The molecule has 0 aliphatic heterocycles. The molecule has 8 rings (SSSR count). The summed E-state index contributed by atoms with van der Waals surface area (Å²) in [6.07, 6.45) is 12.1. The highest BCUT2D eigenvalue weighted by molar-refractivity contribution is 6.02. The van der Waals surface area contributed by atoms with Crippen LogP contribution in [0.5, 0.6) is 0 Å². The van der Waals surface area contributed by atoms with Gasteiger partial charge in [-0.3, -0.25) is 0 Å². The van der Waals surface area contributed by atoms with Crippen molar-refractivity contribution in [2.24, 2.45) is 0 Å². The molecule has 228 valence electrons. The van der Waals surface area contributed by atoms with Crippen molar-refractivity contribution in [3.8, 4) is 22.3 Å². The fourth-order valence-corrected chi connectivity index (χ4v) is 7.49. The zero-order chi connectivity index (χ0) is 32.1. The number of rotatable bonds is 7. The molecule has 0 spiro atoms. The molecule has 0 bridgehead atoms. The van der Waals surface area contributed by atoms with Gasteiger partial charge < -0.3 is 9.32 Å². The van der Waals surface area contributed by atoms with Gasteiger partial charge in [0, 0.05) is 39.0 Å². The van der Waals surface area contributed by atoms with Gasteiger partial charge in [0.2, 0.25) is 0 Å². The van der Waals surface area contributed by atoms with Gasteiger partial charge in [0.15, 0.2) is 0 Å². The lowest BCUT2D eigenvalue weighted by atomic mass is 9.82. The molecule has 2 aliphatic rings. The van der Waals surface area contributed by atoms with Crippen LogP contribution < -0.4 is 4.90 Å². The van der Waals surface area contributed by atoms with Crippen molar-refractivity contribution < 1.29 is 4.42 Å². The second-order valence-corrected chi connectivity index (χ2v) is 13.0. The highest BCUT2D eigenvalue weighted by Gasteiger charge is 2.38. The molecule has 0 amide bonds. The molecule has 0 saturated heterocycles. The second-order valence-electron chi connectivity index (χ2n) is 13.0. The molecule has 5 aromatic carbocycles. The van der Waals surface area contributed by atoms with E-state index < -0.39 is 0 Å². The summed E-state index contributed by atoms with van der Waals surface area (Å²) >= 11 is 0. The van der Waals surface area contributed by atoms with E-state index in [2.05, 4.69) is 153 Å². The van der Waals surface area contributed by atoms with Crippen molar-refractivity contribution in [1.82, 2.24) is 0 Å². The van der Waals surface area contributed by atoms with Gasteiger partial charge in [-0.05, 0) is 94.3 Å². The molecule has 0 unspecified atom stereocenters. The monoisotopic (exact) mass is 607 g/mol. The number of aryl methyl sites for hydroxylation is 1. The summed E-state index contributed by atoms with van der Waals surface area (Å²) in [6.45, 7) is 12.6. The fraction of sp³-hybridized carbons (Fsp3) is 0.111. The van der Waals surface area contributed by atoms with E-state index in [9.17, 15) is 0 Å². The Morgan fingerprint density at radius 3 is 2.17 bits per heavy atom. The summed E-state index contributed by atoms with van der Waals surface area (Å²) in [7, 11) is 0. The van der Waals surface area contributed by atoms with Crippen molar-refractivity contribution >= 4 is 39.7 Å². The van der Waals surface area contributed by atoms with E-state index in [1.54, 1.807) is 6.08 Å². The van der Waals surface area contributed by atoms with Gasteiger partial charge in [0.25, 0.3) is 0 Å². The van der Waals surface area contributed by atoms with E-state index in [0.717, 1.165) is 52.4 Å². The van der Waals surface area contributed by atoms with Crippen LogP contribution in [0.25, 0.3) is 44.9 Å². The van der Waals surface area contributed by atoms with E-state index in [4.69, 9.17) is 4.42 Å². The number of benzene rings is 5. The minimum absolute atomic E-state index is 0.136. The van der Waals surface area contributed by atoms with E-state index in [0.29, 0.717) is 0 Å². The van der Waals surface area contributed by atoms with Crippen LogP contribution in [0.15, 0.2) is 151 Å². The van der Waals surface area contributed by atoms with Crippen molar-refractivity contribution in [2.75, 3.05) is 4.90 Å². The number of nitrogens with zero attached hydrogens (tertiary/aromatic N) is 1. The van der Waals surface area contributed by atoms with Crippen LogP contribution in [0.3, 0.4) is 0 Å². The minimum Gasteiger partial charge on any atom is -0.456 e. The first-order valence-corrected chi connectivity index (χ1v) is 16.4. The van der Waals surface area contributed by atoms with Crippen LogP contribution in [-0.2, 0) is 11.8 Å². The predicted octanol–water partition coefficient (Wildman–Crippen LogP) is 12.6. The molecule has 6 aromatic rings. The van der Waals surface area contributed by atoms with Gasteiger partial charge in [0.05, 0.1) is 0 Å². The van der Waals surface area contributed by atoms with E-state index in [1.807, 2.05) is 12.2 Å². The second kappa shape index (κ2) is 11.3. The maximum atomic E-state index is 6.65. The zero-order valence-corrected chi connectivity index (χ0v) is 27.0. The lowest BCUT2D eigenvalue weighted by Gasteiger charge is -2.27. The quantitative estimate of drug-likeness (QED) is 0.168. The third-order valence-corrected chi connectivity index (χ3v) is 9.91. The molecule has 0 radical (unpaired) electrons. The van der Waals surface area contributed by atoms with E-state index >= 15 is 0 Å². The Kier molecular flexibility index (Phi) is 6.95. The summed E-state index contributed by atoms with van der Waals surface area (Å²) < 4.78 is 6.65. The molecule has 0 atom stereocenters. The molecule has 1 heterocycles. The van der Waals surface area contributed by atoms with Crippen LogP contribution >= 0.6 is 0 Å². The number of fused-ring (bicyclic) bond motifs is 7. The van der Waals surface area contributed by atoms with Gasteiger partial charge >= 0.3 is 0 Å². The summed E-state index contributed by atoms with van der Waals surface area (Å²) in [5.41, 5.74) is 15.1. The fourth-order valence-electron chi connectivity index (χ4n) is 7.49. The average molecular weight is 608 g/mol. The summed E-state index contributed by atoms with van der Waals surface area (Å²) in [4.78, 5) is 2.35. The number of hydrogen-bond acceptors (Lipinski definition) is 2. The van der Waals surface area contributed by atoms with E-state index in [-0.39, 0.29) is 5.41 Å². The van der Waals surface area contributed by atoms with Gasteiger partial charge in [-0.1, -0.05) is 124 Å². The smallest absolute Gasteiger partial charge is 0.143 e. The van der Waals surface area contributed by atoms with Crippen LogP contribution in [0.1, 0.15) is 48.3 Å². The summed E-state index contributed by atoms with van der Waals surface area (Å²) in [5.74, 6) is 1.01. The standard InChI is InChI=1S/C45H37NO/c1-5-12-30(6-2)32-17-21-34(22-18-32)46(35-23-19-33(20-24-35)31-13-8-7-9-14-31)36-25-27-40-39(29-36)43-41(45(40,3)4)28-26-38-37-15-10-11-16-42(37)47-44(38)43/h5-9,11-14,16-29H,1-2,10,15H2,3-4H3/b30-12+. The first kappa shape index (κ1) is 28.8. The summed E-state index contributed by atoms with van der Waals surface area (Å²) in [5, 5.41) is 1.24. The SMILES string of the molecule is C=C/C=C(\C=C)c1ccc(N(c2ccc(-c3ccccc3)cc2)c2ccc3c(c2)-c2c(ccc4c5c(oc24)C=CCC5)C3(C)C)cc1. The first-order valence-electron chi connectivity index (χ1n) is 16.4. The van der Waals surface area contributed by atoms with Crippen molar-refractivity contribution in [2.45, 2.75) is 32.1 Å². The lowest BCUT2D eigenvalue weighted by molar-refractivity contribution is 0.595. The first-order chi connectivity index (χ1) is 23.0. The molecule has 1 aromatic heterocycles.